The zero-order valence-electron chi connectivity index (χ0n) is 30.4. The van der Waals surface area contributed by atoms with Crippen LogP contribution < -0.4 is 26.6 Å². The number of aromatic hydroxyl groups is 1. The third kappa shape index (κ3) is 14.7. The highest BCUT2D eigenvalue weighted by Gasteiger charge is 2.33. The number of nitrogens with one attached hydrogen (secondary N) is 5. The van der Waals surface area contributed by atoms with Crippen molar-refractivity contribution in [3.63, 3.8) is 0 Å². The van der Waals surface area contributed by atoms with Crippen molar-refractivity contribution < 1.29 is 34.2 Å². The molecule has 0 bridgehead atoms. The van der Waals surface area contributed by atoms with Crippen LogP contribution in [0.3, 0.4) is 0 Å². The molecule has 0 fully saturated rings. The number of phenols is 1. The van der Waals surface area contributed by atoms with Gasteiger partial charge < -0.3 is 36.8 Å². The van der Waals surface area contributed by atoms with Gasteiger partial charge in [0.05, 0.1) is 0 Å². The van der Waals surface area contributed by atoms with E-state index in [4.69, 9.17) is 0 Å². The Morgan fingerprint density at radius 1 is 0.642 bits per heavy atom. The van der Waals surface area contributed by atoms with Crippen molar-refractivity contribution in [2.24, 2.45) is 5.92 Å². The Morgan fingerprint density at radius 3 is 1.51 bits per heavy atom. The lowest BCUT2D eigenvalue weighted by atomic mass is 9.99. The van der Waals surface area contributed by atoms with Crippen LogP contribution in [0.5, 0.6) is 5.75 Å². The Hall–Kier alpha value is -5.30. The molecule has 3 rings (SSSR count). The summed E-state index contributed by atoms with van der Waals surface area (Å²) in [5.41, 5.74) is 2.03. The molecule has 0 aromatic heterocycles. The summed E-state index contributed by atoms with van der Waals surface area (Å²) in [6, 6.07) is 18.7. The highest BCUT2D eigenvalue weighted by atomic mass is 32.2. The van der Waals surface area contributed by atoms with E-state index in [-0.39, 0.29) is 36.8 Å². The van der Waals surface area contributed by atoms with Gasteiger partial charge in [0, 0.05) is 19.3 Å². The lowest BCUT2D eigenvalue weighted by molar-refractivity contribution is -0.142. The molecule has 284 valence electrons. The molecule has 0 radical (unpaired) electrons. The van der Waals surface area contributed by atoms with Crippen LogP contribution in [0.4, 0.5) is 0 Å². The molecule has 53 heavy (non-hydrogen) atoms. The summed E-state index contributed by atoms with van der Waals surface area (Å²) in [6.45, 7) is 7.52. The number of rotatable bonds is 22. The van der Waals surface area contributed by atoms with Gasteiger partial charge in [-0.05, 0) is 65.8 Å². The number of carboxylic acids is 1. The van der Waals surface area contributed by atoms with Crippen molar-refractivity contribution in [3.8, 4) is 5.75 Å². The Labute approximate surface area is 315 Å². The summed E-state index contributed by atoms with van der Waals surface area (Å²) in [7, 11) is 0. The summed E-state index contributed by atoms with van der Waals surface area (Å²) < 4.78 is 0. The van der Waals surface area contributed by atoms with Gasteiger partial charge in [-0.2, -0.15) is 11.8 Å². The number of carboxylic acid groups (broad SMARTS) is 1. The van der Waals surface area contributed by atoms with E-state index in [9.17, 15) is 34.2 Å². The molecule has 3 aromatic carbocycles. The largest absolute Gasteiger partial charge is 0.508 e. The molecule has 4 amide bonds. The van der Waals surface area contributed by atoms with Crippen molar-refractivity contribution in [2.75, 3.05) is 12.0 Å². The fourth-order valence-corrected chi connectivity index (χ4v) is 6.12. The van der Waals surface area contributed by atoms with E-state index in [0.29, 0.717) is 29.7 Å². The Bertz CT molecular complexity index is 1640. The average Bonchev–Trinajstić information content (AvgIpc) is 3.13. The molecule has 12 nitrogen and oxygen atoms in total. The number of hydrogen-bond acceptors (Lipinski definition) is 8. The number of hydrogen-bond donors (Lipinski definition) is 7. The number of phenolic OH excluding ortho intramolecular Hbond substituents is 1. The first-order valence-corrected chi connectivity index (χ1v) is 18.9. The monoisotopic (exact) mass is 745 g/mol. The normalized spacial score (nSPS) is 13.7. The molecule has 5 atom stereocenters. The summed E-state index contributed by atoms with van der Waals surface area (Å²) in [6.07, 6.45) is 4.24. The quantitative estimate of drug-likeness (QED) is 0.0811. The fourth-order valence-electron chi connectivity index (χ4n) is 5.65. The second-order valence-corrected chi connectivity index (χ2v) is 14.2. The Kier molecular flexibility index (Phi) is 17.4. The van der Waals surface area contributed by atoms with Gasteiger partial charge in [0.2, 0.25) is 23.6 Å². The van der Waals surface area contributed by atoms with Crippen molar-refractivity contribution in [1.29, 1.82) is 0 Å². The number of aliphatic carboxylic acids is 1. The van der Waals surface area contributed by atoms with Crippen molar-refractivity contribution >= 4 is 41.4 Å². The standard InChI is InChI=1S/C40H51N5O7S/c1-5-41-31(20-21-53-4)36(47)42-32(22-26(2)3)37(48)43-33(23-27-12-8-6-9-13-27)38(49)44-34(24-28-14-10-7-11-15-28)39(50)45-35(40(51)52)25-29-16-18-30(46)19-17-29/h5-19,26,31-35,41,46H,1,20-25H2,2-4H3,(H,42,47)(H,43,48)(H,44,49)(H,45,50)(H,51,52)/t31-,32-,33-,34?,35?/m0/s1. The molecular formula is C40H51N5O7S. The van der Waals surface area contributed by atoms with Crippen LogP contribution in [0, 0.1) is 5.92 Å². The van der Waals surface area contributed by atoms with Gasteiger partial charge in [-0.3, -0.25) is 19.2 Å². The lowest BCUT2D eigenvalue weighted by Crippen LogP contribution is -2.59. The number of thioether (sulfide) groups is 1. The predicted octanol–water partition coefficient (Wildman–Crippen LogP) is 3.34. The summed E-state index contributed by atoms with van der Waals surface area (Å²) in [5.74, 6) is -2.85. The first-order valence-electron chi connectivity index (χ1n) is 17.6. The molecule has 2 unspecified atom stereocenters. The number of amides is 4. The first-order chi connectivity index (χ1) is 25.4. The number of carbonyl (C=O) groups excluding carboxylic acids is 4. The van der Waals surface area contributed by atoms with Gasteiger partial charge in [0.25, 0.3) is 0 Å². The molecule has 0 aliphatic heterocycles. The van der Waals surface area contributed by atoms with Crippen LogP contribution in [0.25, 0.3) is 0 Å². The van der Waals surface area contributed by atoms with Gasteiger partial charge >= 0.3 is 5.97 Å². The zero-order valence-corrected chi connectivity index (χ0v) is 31.2. The van der Waals surface area contributed by atoms with E-state index >= 15 is 0 Å². The van der Waals surface area contributed by atoms with E-state index in [0.717, 1.165) is 5.56 Å². The first kappa shape index (κ1) is 42.1. The SMILES string of the molecule is C=CN[C@@H](CCSC)C(=O)N[C@@H](CC(C)C)C(=O)N[C@@H](Cc1ccccc1)C(=O)NC(Cc1ccccc1)C(=O)NC(Cc1ccc(O)cc1)C(=O)O. The van der Waals surface area contributed by atoms with E-state index in [1.54, 1.807) is 60.3 Å². The molecule has 0 heterocycles. The van der Waals surface area contributed by atoms with E-state index in [1.165, 1.54) is 18.3 Å². The van der Waals surface area contributed by atoms with Crippen molar-refractivity contribution in [2.45, 2.75) is 76.2 Å². The van der Waals surface area contributed by atoms with Crippen LogP contribution >= 0.6 is 11.8 Å². The third-order valence-corrected chi connectivity index (χ3v) is 9.05. The molecule has 7 N–H and O–H groups in total. The minimum atomic E-state index is -1.34. The Morgan fingerprint density at radius 2 is 1.06 bits per heavy atom. The van der Waals surface area contributed by atoms with Crippen LogP contribution in [-0.4, -0.2) is 82.0 Å². The van der Waals surface area contributed by atoms with Crippen molar-refractivity contribution in [3.05, 3.63) is 114 Å². The second-order valence-electron chi connectivity index (χ2n) is 13.2. The molecule has 13 heteroatoms. The zero-order chi connectivity index (χ0) is 38.8. The molecule has 0 spiro atoms. The molecule has 0 aliphatic rings. The maximum Gasteiger partial charge on any atom is 0.326 e. The van der Waals surface area contributed by atoms with E-state index in [2.05, 4.69) is 33.2 Å². The highest BCUT2D eigenvalue weighted by molar-refractivity contribution is 7.98. The lowest BCUT2D eigenvalue weighted by Gasteiger charge is -2.27. The maximum atomic E-state index is 14.2. The molecule has 0 saturated carbocycles. The van der Waals surface area contributed by atoms with Gasteiger partial charge in [0.1, 0.15) is 36.0 Å². The van der Waals surface area contributed by atoms with Gasteiger partial charge in [-0.25, -0.2) is 4.79 Å². The summed E-state index contributed by atoms with van der Waals surface area (Å²) in [4.78, 5) is 67.5. The van der Waals surface area contributed by atoms with Gasteiger partial charge in [0.15, 0.2) is 0 Å². The van der Waals surface area contributed by atoms with Gasteiger partial charge in [-0.1, -0.05) is 93.2 Å². The third-order valence-electron chi connectivity index (χ3n) is 8.41. The molecular weight excluding hydrogens is 695 g/mol. The number of benzene rings is 3. The second kappa shape index (κ2) is 21.9. The Balaban J connectivity index is 1.89. The molecule has 0 saturated heterocycles. The minimum absolute atomic E-state index is 0.0189. The summed E-state index contributed by atoms with van der Waals surface area (Å²) >= 11 is 1.59. The van der Waals surface area contributed by atoms with E-state index < -0.39 is 53.9 Å². The van der Waals surface area contributed by atoms with Crippen LogP contribution in [0.1, 0.15) is 43.4 Å². The predicted molar refractivity (Wildman–Crippen MR) is 207 cm³/mol. The summed E-state index contributed by atoms with van der Waals surface area (Å²) in [5, 5.41) is 33.6. The molecule has 3 aromatic rings. The molecule has 0 aliphatic carbocycles. The minimum Gasteiger partial charge on any atom is -0.508 e. The average molecular weight is 746 g/mol. The van der Waals surface area contributed by atoms with Gasteiger partial charge in [-0.15, -0.1) is 0 Å². The fraction of sp³-hybridized carbons (Fsp3) is 0.375. The number of carbonyl (C=O) groups is 5. The maximum absolute atomic E-state index is 14.2. The van der Waals surface area contributed by atoms with E-state index in [1.807, 2.05) is 44.4 Å². The van der Waals surface area contributed by atoms with Crippen LogP contribution in [-0.2, 0) is 43.2 Å². The smallest absolute Gasteiger partial charge is 0.326 e. The van der Waals surface area contributed by atoms with Crippen molar-refractivity contribution in [1.82, 2.24) is 26.6 Å². The van der Waals surface area contributed by atoms with Crippen LogP contribution in [0.15, 0.2) is 97.7 Å². The topological polar surface area (TPSA) is 186 Å². The highest BCUT2D eigenvalue weighted by Crippen LogP contribution is 2.14. The van der Waals surface area contributed by atoms with Crippen LogP contribution in [0.2, 0.25) is 0 Å².